The second kappa shape index (κ2) is 11.3. The van der Waals surface area contributed by atoms with Crippen LogP contribution in [0.2, 0.25) is 0 Å². The van der Waals surface area contributed by atoms with Crippen molar-refractivity contribution in [2.75, 3.05) is 17.3 Å². The number of benzene rings is 3. The summed E-state index contributed by atoms with van der Waals surface area (Å²) in [5.74, 6) is -0.373. The number of carbonyl (C=O) groups excluding carboxylic acids is 2. The van der Waals surface area contributed by atoms with Crippen molar-refractivity contribution in [1.82, 2.24) is 0 Å². The first kappa shape index (κ1) is 24.1. The van der Waals surface area contributed by atoms with E-state index in [4.69, 9.17) is 5.26 Å². The van der Waals surface area contributed by atoms with Gasteiger partial charge in [-0.3, -0.25) is 4.79 Å². The maximum absolute atomic E-state index is 12.1. The van der Waals surface area contributed by atoms with Crippen molar-refractivity contribution < 1.29 is 26.6 Å². The van der Waals surface area contributed by atoms with Gasteiger partial charge in [0.25, 0.3) is 5.91 Å². The average Bonchev–Trinajstić information content (AvgIpc) is 2.79. The summed E-state index contributed by atoms with van der Waals surface area (Å²) in [5.41, 5.74) is 1.76. The van der Waals surface area contributed by atoms with Crippen LogP contribution in [0.15, 0.2) is 84.9 Å². The van der Waals surface area contributed by atoms with Gasteiger partial charge in [-0.05, 0) is 24.3 Å². The van der Waals surface area contributed by atoms with Crippen LogP contribution in [0.1, 0.15) is 17.3 Å². The van der Waals surface area contributed by atoms with Gasteiger partial charge in [0, 0.05) is 18.3 Å². The van der Waals surface area contributed by atoms with Crippen molar-refractivity contribution in [3.63, 3.8) is 0 Å². The van der Waals surface area contributed by atoms with Crippen LogP contribution < -0.4 is 14.6 Å². The number of para-hydroxylation sites is 2. The first-order valence-corrected chi connectivity index (χ1v) is 12.5. The van der Waals surface area contributed by atoms with Gasteiger partial charge in [0.05, 0.1) is 0 Å². The van der Waals surface area contributed by atoms with Gasteiger partial charge in [-0.25, -0.2) is 0 Å². The van der Waals surface area contributed by atoms with E-state index >= 15 is 0 Å². The predicted octanol–water partition coefficient (Wildman–Crippen LogP) is 2.67. The zero-order valence-corrected chi connectivity index (χ0v) is 18.9. The van der Waals surface area contributed by atoms with Gasteiger partial charge in [-0.2, -0.15) is 0 Å². The normalized spacial score (nSPS) is 12.0. The van der Waals surface area contributed by atoms with Crippen LogP contribution in [0, 0.1) is 0 Å². The minimum Gasteiger partial charge on any atom is -0.311 e. The number of rotatable bonds is 5. The summed E-state index contributed by atoms with van der Waals surface area (Å²) in [7, 11) is 1.78. The molecule has 0 radical (unpaired) electrons. The maximum atomic E-state index is 12.1. The summed E-state index contributed by atoms with van der Waals surface area (Å²) in [6.07, 6.45) is 0. The van der Waals surface area contributed by atoms with Crippen molar-refractivity contribution in [1.29, 1.82) is 0 Å². The summed E-state index contributed by atoms with van der Waals surface area (Å²) in [5, 5.41) is 10.7. The van der Waals surface area contributed by atoms with E-state index in [1.54, 1.807) is 18.0 Å². The Morgan fingerprint density at radius 1 is 0.903 bits per heavy atom. The van der Waals surface area contributed by atoms with Crippen LogP contribution in [0.3, 0.4) is 0 Å². The van der Waals surface area contributed by atoms with Crippen molar-refractivity contribution in [2.45, 2.75) is 6.92 Å². The summed E-state index contributed by atoms with van der Waals surface area (Å²) in [4.78, 5) is 24.5. The zero-order chi connectivity index (χ0) is 22.9. The average molecular weight is 486 g/mol. The Morgan fingerprint density at radius 2 is 1.42 bits per heavy atom. The molecule has 8 nitrogen and oxygen atoms in total. The molecule has 0 fully saturated rings. The summed E-state index contributed by atoms with van der Waals surface area (Å²) >= 11 is -4.92. The van der Waals surface area contributed by atoms with Gasteiger partial charge in [-0.15, -0.1) is 0 Å². The Bertz CT molecular complexity index is 1060. The van der Waals surface area contributed by atoms with Gasteiger partial charge in [0.2, 0.25) is 0 Å². The molecule has 0 heterocycles. The molecule has 1 atom stereocenters. The number of amides is 2. The number of hydrogen-bond donors (Lipinski definition) is 3. The number of hydrogen-bond acceptors (Lipinski definition) is 5. The van der Waals surface area contributed by atoms with Crippen molar-refractivity contribution in [2.24, 2.45) is 0 Å². The molecule has 3 N–H and O–H groups in total. The molecule has 162 valence electrons. The summed E-state index contributed by atoms with van der Waals surface area (Å²) in [6, 6.07) is 24.7. The third kappa shape index (κ3) is 6.94. The molecule has 0 saturated heterocycles. The minimum absolute atomic E-state index is 0.00630. The molecule has 3 aromatic carbocycles. The smallest absolute Gasteiger partial charge is 0.258 e. The third-order valence-corrected chi connectivity index (χ3v) is 6.66. The van der Waals surface area contributed by atoms with E-state index in [1.165, 1.54) is 25.1 Å². The molecule has 9 heteroatoms. The molecule has 0 aliphatic carbocycles. The van der Waals surface area contributed by atoms with Crippen LogP contribution in [0.4, 0.5) is 11.4 Å². The molecule has 0 bridgehead atoms. The molecule has 0 saturated carbocycles. The summed E-state index contributed by atoms with van der Waals surface area (Å²) < 4.78 is 24.1. The molecule has 3 aromatic rings. The molecular weight excluding hydrogens is 463 g/mol. The third-order valence-electron chi connectivity index (χ3n) is 4.10. The van der Waals surface area contributed by atoms with E-state index in [-0.39, 0.29) is 21.9 Å². The molecule has 3 rings (SSSR count). The Labute approximate surface area is 183 Å². The first-order valence-electron chi connectivity index (χ1n) is 9.17. The predicted molar refractivity (Wildman–Crippen MR) is 118 cm³/mol. The molecule has 1 unspecified atom stereocenters. The molecule has 0 spiro atoms. The number of nitrogens with one attached hydrogen (secondary N) is 1. The van der Waals surface area contributed by atoms with Gasteiger partial charge in [-0.1, -0.05) is 36.4 Å². The topological polar surface area (TPSA) is 116 Å². The van der Waals surface area contributed by atoms with E-state index in [0.717, 1.165) is 5.69 Å². The van der Waals surface area contributed by atoms with E-state index in [0.29, 0.717) is 5.56 Å². The Morgan fingerprint density at radius 3 is 1.97 bits per heavy atom. The van der Waals surface area contributed by atoms with E-state index in [2.05, 4.69) is 9.19 Å². The molecule has 2 amide bonds. The van der Waals surface area contributed by atoms with Crippen molar-refractivity contribution in [3.05, 3.63) is 90.5 Å². The van der Waals surface area contributed by atoms with E-state index < -0.39 is 14.2 Å². The molecule has 0 aliphatic heterocycles. The van der Waals surface area contributed by atoms with Crippen molar-refractivity contribution in [3.8, 4) is 0 Å². The minimum atomic E-state index is -4.92. The number of anilines is 2. The fourth-order valence-electron chi connectivity index (χ4n) is 2.60. The largest absolute Gasteiger partial charge is 0.311 e. The number of carbonyl (C=O) groups is 2. The van der Waals surface area contributed by atoms with Crippen LogP contribution in [0.25, 0.3) is 0 Å². The molecule has 0 aliphatic rings. The fourth-order valence-corrected chi connectivity index (χ4v) is 4.28. The second-order valence-corrected chi connectivity index (χ2v) is 9.90. The standard InChI is InChI=1S/C14H13NO.C8H10AsNO5/c1-15(13-10-6-3-7-11-13)14(16)12-8-4-2-5-9-12;1-6(11)10-8-5-3-2-4-7(8)9(12,13)15-14/h2-11H,1H3;2-5,14H,1H3,(H,10,11)(H,12,13). The summed E-state index contributed by atoms with van der Waals surface area (Å²) in [6.45, 7) is 1.27. The SMILES string of the molecule is CC(=O)Nc1ccccc1[As](=O)(O)OO.CN(C(=O)c1ccccc1)c1ccccc1. The zero-order valence-electron chi connectivity index (χ0n) is 17.0. The van der Waals surface area contributed by atoms with Crippen LogP contribution >= 0.6 is 0 Å². The Kier molecular flexibility index (Phi) is 8.78. The van der Waals surface area contributed by atoms with Crippen molar-refractivity contribution >= 4 is 41.7 Å². The number of nitrogens with zero attached hydrogens (tertiary/aromatic N) is 1. The van der Waals surface area contributed by atoms with Crippen LogP contribution in [-0.4, -0.2) is 42.4 Å². The van der Waals surface area contributed by atoms with E-state index in [9.17, 15) is 17.4 Å². The monoisotopic (exact) mass is 486 g/mol. The van der Waals surface area contributed by atoms with Gasteiger partial charge in [0.1, 0.15) is 0 Å². The Hall–Kier alpha value is -3.16. The van der Waals surface area contributed by atoms with Gasteiger partial charge >= 0.3 is 88.4 Å². The maximum Gasteiger partial charge on any atom is 0.258 e. The second-order valence-electron chi connectivity index (χ2n) is 6.37. The molecular formula is C22H23AsN2O6. The first-order chi connectivity index (χ1) is 14.8. The van der Waals surface area contributed by atoms with Gasteiger partial charge < -0.3 is 4.90 Å². The molecule has 0 aromatic heterocycles. The fraction of sp³-hybridized carbons (Fsp3) is 0.0909. The molecule has 31 heavy (non-hydrogen) atoms. The van der Waals surface area contributed by atoms with E-state index in [1.807, 2.05) is 60.7 Å². The quantitative estimate of drug-likeness (QED) is 0.290. The van der Waals surface area contributed by atoms with Crippen LogP contribution in [-0.2, 0) is 12.4 Å². The van der Waals surface area contributed by atoms with Gasteiger partial charge in [0.15, 0.2) is 0 Å². The Balaban J connectivity index is 0.000000221. The van der Waals surface area contributed by atoms with Crippen LogP contribution in [0.5, 0.6) is 0 Å².